The molecule has 0 N–H and O–H groups in total. The van der Waals surface area contributed by atoms with Crippen molar-refractivity contribution in [1.29, 1.82) is 5.26 Å². The van der Waals surface area contributed by atoms with Crippen LogP contribution in [0.25, 0.3) is 6.08 Å². The van der Waals surface area contributed by atoms with Crippen molar-refractivity contribution >= 4 is 6.08 Å². The highest BCUT2D eigenvalue weighted by molar-refractivity contribution is 5.50. The lowest BCUT2D eigenvalue weighted by Gasteiger charge is -2.29. The minimum atomic E-state index is -0.192. The first kappa shape index (κ1) is 10.3. The van der Waals surface area contributed by atoms with E-state index >= 15 is 0 Å². The molecule has 1 saturated heterocycles. The number of hydrogen-bond acceptors (Lipinski definition) is 3. The zero-order chi connectivity index (χ0) is 11.4. The summed E-state index contributed by atoms with van der Waals surface area (Å²) in [5.74, 6) is 0.386. The number of ether oxygens (including phenoxy) is 2. The first-order valence-corrected chi connectivity index (χ1v) is 4.97. The van der Waals surface area contributed by atoms with E-state index in [-0.39, 0.29) is 6.29 Å². The maximum Gasteiger partial charge on any atom is 0.277 e. The predicted octanol–water partition coefficient (Wildman–Crippen LogP) is 2.81. The summed E-state index contributed by atoms with van der Waals surface area (Å²) in [4.78, 5) is 0. The second-order valence-corrected chi connectivity index (χ2v) is 3.41. The molecule has 1 aromatic rings. The highest BCUT2D eigenvalue weighted by Crippen LogP contribution is 2.21. The van der Waals surface area contributed by atoms with Crippen molar-refractivity contribution in [3.63, 3.8) is 0 Å². The molecule has 1 aliphatic rings. The molecule has 80 valence electrons. The van der Waals surface area contributed by atoms with E-state index in [2.05, 4.69) is 12.6 Å². The summed E-state index contributed by atoms with van der Waals surface area (Å²) in [6, 6.07) is 9.46. The fraction of sp³-hybridized carbons (Fsp3) is 0.154. The summed E-state index contributed by atoms with van der Waals surface area (Å²) in [6.45, 7) is 3.50. The molecule has 0 saturated carbocycles. The minimum Gasteiger partial charge on any atom is -0.425 e. The topological polar surface area (TPSA) is 42.2 Å². The maximum absolute atomic E-state index is 8.63. The van der Waals surface area contributed by atoms with Gasteiger partial charge in [0.15, 0.2) is 0 Å². The lowest BCUT2D eigenvalue weighted by atomic mass is 10.1. The zero-order valence-corrected chi connectivity index (χ0v) is 8.72. The molecule has 3 heteroatoms. The van der Waals surface area contributed by atoms with Gasteiger partial charge in [-0.25, -0.2) is 0 Å². The van der Waals surface area contributed by atoms with Crippen molar-refractivity contribution in [2.24, 2.45) is 0 Å². The number of nitriles is 1. The largest absolute Gasteiger partial charge is 0.425 e. The van der Waals surface area contributed by atoms with Crippen LogP contribution in [-0.4, -0.2) is 6.29 Å². The van der Waals surface area contributed by atoms with E-state index in [1.165, 1.54) is 0 Å². The van der Waals surface area contributed by atoms with Crippen molar-refractivity contribution in [2.75, 3.05) is 0 Å². The first-order valence-electron chi connectivity index (χ1n) is 4.97. The Morgan fingerprint density at radius 1 is 1.31 bits per heavy atom. The third-order valence-electron chi connectivity index (χ3n) is 2.20. The quantitative estimate of drug-likeness (QED) is 0.775. The van der Waals surface area contributed by atoms with Crippen molar-refractivity contribution in [1.82, 2.24) is 0 Å². The van der Waals surface area contributed by atoms with Gasteiger partial charge in [-0.3, -0.25) is 0 Å². The summed E-state index contributed by atoms with van der Waals surface area (Å²) in [5.41, 5.74) is 1.72. The normalized spacial score (nSPS) is 15.1. The second-order valence-electron chi connectivity index (χ2n) is 3.41. The smallest absolute Gasteiger partial charge is 0.277 e. The highest BCUT2D eigenvalue weighted by Gasteiger charge is 2.22. The van der Waals surface area contributed by atoms with Crippen LogP contribution in [0, 0.1) is 11.3 Å². The Kier molecular flexibility index (Phi) is 2.93. The van der Waals surface area contributed by atoms with Gasteiger partial charge in [0.1, 0.15) is 0 Å². The Bertz CT molecular complexity index is 446. The monoisotopic (exact) mass is 213 g/mol. The average molecular weight is 213 g/mol. The van der Waals surface area contributed by atoms with Gasteiger partial charge in [-0.1, -0.05) is 24.3 Å². The fourth-order valence-electron chi connectivity index (χ4n) is 1.38. The number of nitrogens with zero attached hydrogens (tertiary/aromatic N) is 1. The van der Waals surface area contributed by atoms with Gasteiger partial charge in [-0.15, -0.1) is 0 Å². The molecule has 0 amide bonds. The molecule has 0 bridgehead atoms. The fourth-order valence-corrected chi connectivity index (χ4v) is 1.38. The average Bonchev–Trinajstić information content (AvgIpc) is 2.27. The Morgan fingerprint density at radius 3 is 2.56 bits per heavy atom. The molecular weight excluding hydrogens is 202 g/mol. The Hall–Kier alpha value is -2.21. The van der Waals surface area contributed by atoms with Gasteiger partial charge in [0.05, 0.1) is 11.6 Å². The van der Waals surface area contributed by atoms with E-state index in [0.717, 1.165) is 5.56 Å². The molecule has 2 rings (SSSR count). The molecule has 0 atom stereocenters. The number of benzene rings is 1. The van der Waals surface area contributed by atoms with Crippen LogP contribution in [-0.2, 0) is 9.47 Å². The second kappa shape index (κ2) is 4.54. The summed E-state index contributed by atoms with van der Waals surface area (Å²) in [7, 11) is 0. The highest BCUT2D eigenvalue weighted by atomic mass is 16.9. The van der Waals surface area contributed by atoms with Gasteiger partial charge >= 0.3 is 0 Å². The van der Waals surface area contributed by atoms with Crippen molar-refractivity contribution in [2.45, 2.75) is 12.7 Å². The molecule has 1 aromatic carbocycles. The first-order chi connectivity index (χ1) is 7.78. The van der Waals surface area contributed by atoms with Crippen LogP contribution in [0.2, 0.25) is 0 Å². The van der Waals surface area contributed by atoms with E-state index in [1.54, 1.807) is 12.1 Å². The van der Waals surface area contributed by atoms with Crippen molar-refractivity contribution in [3.8, 4) is 6.07 Å². The van der Waals surface area contributed by atoms with Crippen LogP contribution in [0.15, 0.2) is 42.9 Å². The zero-order valence-electron chi connectivity index (χ0n) is 8.72. The third-order valence-corrected chi connectivity index (χ3v) is 2.20. The molecule has 3 nitrogen and oxygen atoms in total. The van der Waals surface area contributed by atoms with Crippen LogP contribution < -0.4 is 0 Å². The van der Waals surface area contributed by atoms with E-state index in [9.17, 15) is 0 Å². The number of rotatable bonds is 3. The molecule has 1 heterocycles. The predicted molar refractivity (Wildman–Crippen MR) is 59.9 cm³/mol. The summed E-state index contributed by atoms with van der Waals surface area (Å²) in [5, 5.41) is 8.63. The molecule has 0 spiro atoms. The van der Waals surface area contributed by atoms with Crippen LogP contribution in [0.3, 0.4) is 0 Å². The molecule has 16 heavy (non-hydrogen) atoms. The Morgan fingerprint density at radius 2 is 2.00 bits per heavy atom. The third kappa shape index (κ3) is 2.43. The van der Waals surface area contributed by atoms with Gasteiger partial charge in [-0.05, 0) is 24.3 Å². The van der Waals surface area contributed by atoms with Crippen LogP contribution in [0.1, 0.15) is 17.5 Å². The SMILES string of the molecule is C=C1OC(C/C=C/c2ccc(C#N)cc2)O1. The molecule has 0 aliphatic carbocycles. The summed E-state index contributed by atoms with van der Waals surface area (Å²) >= 11 is 0. The maximum atomic E-state index is 8.63. The molecule has 0 unspecified atom stereocenters. The lowest BCUT2D eigenvalue weighted by molar-refractivity contribution is -0.243. The van der Waals surface area contributed by atoms with Crippen molar-refractivity contribution < 1.29 is 9.47 Å². The van der Waals surface area contributed by atoms with Gasteiger partial charge in [-0.2, -0.15) is 5.26 Å². The van der Waals surface area contributed by atoms with E-state index < -0.39 is 0 Å². The van der Waals surface area contributed by atoms with Crippen molar-refractivity contribution in [3.05, 3.63) is 54.0 Å². The van der Waals surface area contributed by atoms with Gasteiger partial charge in [0.25, 0.3) is 12.2 Å². The molecule has 0 aromatic heterocycles. The van der Waals surface area contributed by atoms with Gasteiger partial charge < -0.3 is 9.47 Å². The van der Waals surface area contributed by atoms with Crippen LogP contribution in [0.4, 0.5) is 0 Å². The summed E-state index contributed by atoms with van der Waals surface area (Å²) in [6.07, 6.45) is 4.44. The summed E-state index contributed by atoms with van der Waals surface area (Å²) < 4.78 is 10.2. The van der Waals surface area contributed by atoms with E-state index in [1.807, 2.05) is 24.3 Å². The van der Waals surface area contributed by atoms with Crippen LogP contribution in [0.5, 0.6) is 0 Å². The van der Waals surface area contributed by atoms with Gasteiger partial charge in [0.2, 0.25) is 0 Å². The Labute approximate surface area is 94.2 Å². The Balaban J connectivity index is 1.86. The minimum absolute atomic E-state index is 0.192. The molecule has 0 radical (unpaired) electrons. The van der Waals surface area contributed by atoms with Gasteiger partial charge in [0, 0.05) is 6.42 Å². The molecule has 1 aliphatic heterocycles. The van der Waals surface area contributed by atoms with Crippen LogP contribution >= 0.6 is 0 Å². The lowest BCUT2D eigenvalue weighted by Crippen LogP contribution is -2.26. The van der Waals surface area contributed by atoms with E-state index in [4.69, 9.17) is 14.7 Å². The number of hydrogen-bond donors (Lipinski definition) is 0. The molecular formula is C13H11NO2. The van der Waals surface area contributed by atoms with E-state index in [0.29, 0.717) is 17.9 Å². The standard InChI is InChI=1S/C13H11NO2/c1-10-15-13(16-10)4-2-3-11-5-7-12(9-14)8-6-11/h2-3,5-8,13H,1,4H2/b3-2+. The molecule has 1 fully saturated rings.